The molecule has 0 unspecified atom stereocenters. The summed E-state index contributed by atoms with van der Waals surface area (Å²) in [6.45, 7) is 22.8. The molecule has 5 aliphatic rings. The van der Waals surface area contributed by atoms with E-state index in [1.807, 2.05) is 109 Å². The van der Waals surface area contributed by atoms with Gasteiger partial charge in [0.2, 0.25) is 0 Å². The number of esters is 2. The van der Waals surface area contributed by atoms with E-state index in [4.69, 9.17) is 52.1 Å². The molecule has 0 spiro atoms. The number of hydrogen-bond acceptors (Lipinski definition) is 13. The normalized spacial score (nSPS) is 37.0. The SMILES string of the molecule is CO[C@](C(=O)O[C@@H]1C[C@@H]2C[C@@H](C[C@@H]3C[C@H](C[C@H]4OC(C)(C)O[C@@H](C/C=C/C=C/C=C/C=C/C=C/C=C/C(=O)O[C@@H](C(C)C)[C@@H](C)/C=C/[C@H]5C[C@@H](C1)OC(C)(C)O5)[C@@H]4C)OC(C)(C)O3)OC(C)(C)O2)(c1ccccc1)C(F)(F)F. The van der Waals surface area contributed by atoms with E-state index in [1.165, 1.54) is 30.3 Å². The molecule has 13 atom stereocenters. The van der Waals surface area contributed by atoms with E-state index in [9.17, 15) is 9.59 Å². The molecule has 0 aliphatic carbocycles. The van der Waals surface area contributed by atoms with Crippen LogP contribution in [0.1, 0.15) is 140 Å². The quantitative estimate of drug-likeness (QED) is 0.205. The Morgan fingerprint density at radius 1 is 0.590 bits per heavy atom. The number of fused-ring (bicyclic) bond motifs is 8. The van der Waals surface area contributed by atoms with Crippen molar-refractivity contribution in [1.82, 2.24) is 0 Å². The van der Waals surface area contributed by atoms with Crippen LogP contribution in [0.2, 0.25) is 0 Å². The highest BCUT2D eigenvalue weighted by atomic mass is 19.4. The summed E-state index contributed by atoms with van der Waals surface area (Å²) in [6.07, 6.45) is 19.0. The number of cyclic esters (lactones) is 1. The summed E-state index contributed by atoms with van der Waals surface area (Å²) in [6, 6.07) is 6.76. The maximum absolute atomic E-state index is 15.4. The summed E-state index contributed by atoms with van der Waals surface area (Å²) >= 11 is 0. The van der Waals surface area contributed by atoms with E-state index in [1.54, 1.807) is 45.9 Å². The van der Waals surface area contributed by atoms with Gasteiger partial charge in [0.15, 0.2) is 23.1 Å². The Bertz CT molecular complexity index is 2310. The second kappa shape index (κ2) is 27.0. The van der Waals surface area contributed by atoms with Gasteiger partial charge in [-0.3, -0.25) is 0 Å². The average molecular weight is 1100 g/mol. The number of carbonyl (C=O) groups is 2. The van der Waals surface area contributed by atoms with Gasteiger partial charge in [-0.05, 0) is 67.7 Å². The lowest BCUT2D eigenvalue weighted by Gasteiger charge is -2.48. The number of allylic oxidation sites excluding steroid dienone is 10. The first-order valence-electron chi connectivity index (χ1n) is 27.8. The van der Waals surface area contributed by atoms with Crippen LogP contribution in [0.25, 0.3) is 0 Å². The van der Waals surface area contributed by atoms with Crippen molar-refractivity contribution in [3.05, 3.63) is 121 Å². The lowest BCUT2D eigenvalue weighted by Crippen LogP contribution is -2.54. The molecule has 8 bridgehead atoms. The summed E-state index contributed by atoms with van der Waals surface area (Å²) in [5.41, 5.74) is -3.86. The topological polar surface area (TPSA) is 136 Å². The fraction of sp³-hybridized carbons (Fsp3) is 0.645. The van der Waals surface area contributed by atoms with E-state index < -0.39 is 89.1 Å². The molecule has 1 aromatic carbocycles. The lowest BCUT2D eigenvalue weighted by molar-refractivity contribution is -0.342. The van der Waals surface area contributed by atoms with Gasteiger partial charge in [0, 0.05) is 75.5 Å². The molecule has 13 nitrogen and oxygen atoms in total. The zero-order valence-corrected chi connectivity index (χ0v) is 48.1. The molecule has 0 saturated carbocycles. The molecule has 5 heterocycles. The maximum Gasteiger partial charge on any atom is 0.432 e. The second-order valence-corrected chi connectivity index (χ2v) is 23.5. The van der Waals surface area contributed by atoms with Crippen LogP contribution in [0.3, 0.4) is 0 Å². The lowest BCUT2D eigenvalue weighted by atomic mass is 9.87. The number of hydrogen-bond donors (Lipinski definition) is 0. The third kappa shape index (κ3) is 18.1. The minimum absolute atomic E-state index is 0.00371. The van der Waals surface area contributed by atoms with E-state index in [-0.39, 0.29) is 61.4 Å². The van der Waals surface area contributed by atoms with Crippen molar-refractivity contribution in [2.45, 2.75) is 230 Å². The molecule has 0 amide bonds. The fourth-order valence-corrected chi connectivity index (χ4v) is 11.5. The van der Waals surface area contributed by atoms with Crippen LogP contribution in [0.5, 0.6) is 0 Å². The molecular formula is C62H87F3O13. The third-order valence-electron chi connectivity index (χ3n) is 14.6. The van der Waals surface area contributed by atoms with Crippen LogP contribution < -0.4 is 0 Å². The second-order valence-electron chi connectivity index (χ2n) is 23.5. The molecule has 0 aromatic heterocycles. The van der Waals surface area contributed by atoms with Crippen molar-refractivity contribution in [2.75, 3.05) is 7.11 Å². The fourth-order valence-electron chi connectivity index (χ4n) is 11.5. The number of benzene rings is 1. The van der Waals surface area contributed by atoms with Gasteiger partial charge in [-0.1, -0.05) is 137 Å². The Morgan fingerprint density at radius 3 is 1.58 bits per heavy atom. The van der Waals surface area contributed by atoms with Gasteiger partial charge in [0.1, 0.15) is 12.2 Å². The van der Waals surface area contributed by atoms with E-state index in [0.29, 0.717) is 32.1 Å². The van der Waals surface area contributed by atoms with Crippen molar-refractivity contribution in [1.29, 1.82) is 0 Å². The number of ether oxygens (including phenoxy) is 11. The van der Waals surface area contributed by atoms with Gasteiger partial charge in [0.25, 0.3) is 5.60 Å². The molecule has 0 radical (unpaired) electrons. The van der Waals surface area contributed by atoms with Crippen molar-refractivity contribution in [3.63, 3.8) is 0 Å². The van der Waals surface area contributed by atoms with Crippen LogP contribution in [0.15, 0.2) is 115 Å². The molecular weight excluding hydrogens is 1010 g/mol. The first-order chi connectivity index (χ1) is 36.6. The summed E-state index contributed by atoms with van der Waals surface area (Å²) in [5.74, 6) is -6.37. The predicted molar refractivity (Wildman–Crippen MR) is 290 cm³/mol. The molecule has 434 valence electrons. The average Bonchev–Trinajstić information content (AvgIpc) is 3.46. The van der Waals surface area contributed by atoms with Crippen molar-refractivity contribution < 1.29 is 74.9 Å². The molecule has 1 aromatic rings. The van der Waals surface area contributed by atoms with Crippen LogP contribution >= 0.6 is 0 Å². The zero-order chi connectivity index (χ0) is 57.1. The van der Waals surface area contributed by atoms with E-state index in [0.717, 1.165) is 7.11 Å². The third-order valence-corrected chi connectivity index (χ3v) is 14.6. The first kappa shape index (κ1) is 63.0. The largest absolute Gasteiger partial charge is 0.460 e. The first-order valence-corrected chi connectivity index (χ1v) is 27.8. The Hall–Kier alpha value is -4.23. The summed E-state index contributed by atoms with van der Waals surface area (Å²) in [5, 5.41) is 0. The standard InChI is InChI=1S/C62H87F3O13/c1-41(2)55-42(3)32-33-45-34-47(72-57(5,6)71-45)35-46(69-56(67)61(68-13,62(63,64)65)44-28-24-23-25-29-44)36-48-37-49(74-58(7,8)73-48)38-50-39-51(76-59(9,10)75-50)40-53-43(4)52(77-60(11,12)78-53)30-26-21-19-17-15-14-16-18-20-22-27-31-54(66)70-55/h14-29,31-33,41-43,45-53,55H,30,34-40H2,1-13H3/b15-14+,18-16+,19-17+,22-20+,26-21+,31-27+,33-32+/t42-,43-,45-,46-,47-,48+,49-,50+,51+,52-,53+,55-,61-/m0/s1. The van der Waals surface area contributed by atoms with Gasteiger partial charge >= 0.3 is 18.1 Å². The molecule has 6 rings (SSSR count). The number of alkyl halides is 3. The molecule has 0 N–H and O–H groups in total. The van der Waals surface area contributed by atoms with Crippen molar-refractivity contribution >= 4 is 11.9 Å². The molecule has 78 heavy (non-hydrogen) atoms. The zero-order valence-electron chi connectivity index (χ0n) is 48.1. The van der Waals surface area contributed by atoms with Gasteiger partial charge in [-0.15, -0.1) is 0 Å². The molecule has 4 fully saturated rings. The predicted octanol–water partition coefficient (Wildman–Crippen LogP) is 13.0. The van der Waals surface area contributed by atoms with Crippen molar-refractivity contribution in [3.8, 4) is 0 Å². The maximum atomic E-state index is 15.4. The van der Waals surface area contributed by atoms with E-state index in [2.05, 4.69) is 13.0 Å². The van der Waals surface area contributed by atoms with Crippen LogP contribution in [-0.2, 0) is 67.3 Å². The molecule has 5 aliphatic heterocycles. The Kier molecular flexibility index (Phi) is 21.8. The van der Waals surface area contributed by atoms with E-state index >= 15 is 13.2 Å². The minimum atomic E-state index is -5.20. The number of halogens is 3. The summed E-state index contributed by atoms with van der Waals surface area (Å²) in [7, 11) is 0.850. The van der Waals surface area contributed by atoms with Gasteiger partial charge in [-0.2, -0.15) is 13.2 Å². The minimum Gasteiger partial charge on any atom is -0.460 e. The van der Waals surface area contributed by atoms with Crippen LogP contribution in [0.4, 0.5) is 13.2 Å². The number of carbonyl (C=O) groups excluding carboxylic acids is 2. The highest BCUT2D eigenvalue weighted by molar-refractivity contribution is 5.83. The van der Waals surface area contributed by atoms with Gasteiger partial charge in [0.05, 0.1) is 48.8 Å². The highest BCUT2D eigenvalue weighted by Gasteiger charge is 2.64. The smallest absolute Gasteiger partial charge is 0.432 e. The van der Waals surface area contributed by atoms with Gasteiger partial charge in [-0.25, -0.2) is 9.59 Å². The van der Waals surface area contributed by atoms with Crippen molar-refractivity contribution in [2.24, 2.45) is 17.8 Å². The number of rotatable bonds is 5. The Balaban J connectivity index is 1.31. The number of methoxy groups -OCH3 is 1. The summed E-state index contributed by atoms with van der Waals surface area (Å²) < 4.78 is 116. The molecule has 16 heteroatoms. The van der Waals surface area contributed by atoms with Gasteiger partial charge < -0.3 is 52.1 Å². The molecule has 4 saturated heterocycles. The highest BCUT2D eigenvalue weighted by Crippen LogP contribution is 2.45. The van der Waals surface area contributed by atoms with Crippen LogP contribution in [-0.4, -0.2) is 109 Å². The van der Waals surface area contributed by atoms with Crippen LogP contribution in [0, 0.1) is 17.8 Å². The monoisotopic (exact) mass is 1100 g/mol. The Morgan fingerprint density at radius 2 is 1.05 bits per heavy atom. The summed E-state index contributed by atoms with van der Waals surface area (Å²) in [4.78, 5) is 27.5. The Labute approximate surface area is 461 Å².